The lowest BCUT2D eigenvalue weighted by molar-refractivity contribution is -0.379. The average molecular weight is 1510 g/mol. The molecule has 3 fully saturated rings. The molecule has 12 N–H and O–H groups in total. The Balaban J connectivity index is 1.34. The van der Waals surface area contributed by atoms with Gasteiger partial charge in [0, 0.05) is 6.42 Å². The van der Waals surface area contributed by atoms with Crippen LogP contribution < -0.4 is 5.32 Å². The largest absolute Gasteiger partial charge is 0.394 e. The second-order valence-corrected chi connectivity index (χ2v) is 30.6. The summed E-state index contributed by atoms with van der Waals surface area (Å²) in [5.41, 5.74) is 0. The number of allylic oxidation sites excluding steroid dienone is 11. The van der Waals surface area contributed by atoms with Gasteiger partial charge in [0.15, 0.2) is 18.9 Å². The fraction of sp³-hybridized carbons (Fsp3) is 0.851. The van der Waals surface area contributed by atoms with E-state index >= 15 is 0 Å². The predicted molar refractivity (Wildman–Crippen MR) is 425 cm³/mol. The number of hydrogen-bond acceptors (Lipinski definition) is 18. The zero-order valence-electron chi connectivity index (χ0n) is 66.4. The molecule has 19 nitrogen and oxygen atoms in total. The molecule has 3 saturated heterocycles. The van der Waals surface area contributed by atoms with Gasteiger partial charge in [-0.25, -0.2) is 0 Å². The highest BCUT2D eigenvalue weighted by Gasteiger charge is 2.54. The maximum absolute atomic E-state index is 13.5. The number of carbonyl (C=O) groups excluding carboxylic acids is 1. The van der Waals surface area contributed by atoms with E-state index in [4.69, 9.17) is 28.4 Å². The molecule has 0 radical (unpaired) electrons. The van der Waals surface area contributed by atoms with Crippen molar-refractivity contribution in [2.24, 2.45) is 0 Å². The van der Waals surface area contributed by atoms with Gasteiger partial charge in [-0.1, -0.05) is 324 Å². The van der Waals surface area contributed by atoms with Gasteiger partial charge in [-0.05, 0) is 83.5 Å². The van der Waals surface area contributed by atoms with Gasteiger partial charge in [0.1, 0.15) is 73.2 Å². The van der Waals surface area contributed by atoms with E-state index in [1.165, 1.54) is 250 Å². The number of amides is 1. The number of aliphatic hydroxyl groups is 11. The Morgan fingerprint density at radius 3 is 1.01 bits per heavy atom. The van der Waals surface area contributed by atoms with Gasteiger partial charge >= 0.3 is 0 Å². The minimum absolute atomic E-state index is 0.233. The zero-order chi connectivity index (χ0) is 76.7. The molecular formula is C87H157NO18. The van der Waals surface area contributed by atoms with Crippen molar-refractivity contribution in [2.45, 2.75) is 446 Å². The lowest BCUT2D eigenvalue weighted by Crippen LogP contribution is -2.66. The maximum atomic E-state index is 13.5. The minimum Gasteiger partial charge on any atom is -0.394 e. The van der Waals surface area contributed by atoms with Crippen LogP contribution in [0, 0.1) is 0 Å². The Kier molecular flexibility index (Phi) is 61.4. The molecule has 17 atom stereocenters. The van der Waals surface area contributed by atoms with E-state index in [2.05, 4.69) is 79.9 Å². The van der Waals surface area contributed by atoms with Crippen molar-refractivity contribution in [3.05, 3.63) is 72.9 Å². The smallest absolute Gasteiger partial charge is 0.220 e. The summed E-state index contributed by atoms with van der Waals surface area (Å²) in [6, 6.07) is -1.000. The van der Waals surface area contributed by atoms with E-state index in [0.717, 1.165) is 57.8 Å². The van der Waals surface area contributed by atoms with Gasteiger partial charge in [-0.2, -0.15) is 0 Å². The highest BCUT2D eigenvalue weighted by molar-refractivity contribution is 5.76. The number of unbranched alkanes of at least 4 members (excludes halogenated alkanes) is 43. The Morgan fingerprint density at radius 1 is 0.340 bits per heavy atom. The maximum Gasteiger partial charge on any atom is 0.220 e. The first-order chi connectivity index (χ1) is 51.8. The number of ether oxygens (including phenoxy) is 6. The first-order valence-corrected chi connectivity index (χ1v) is 43.2. The second-order valence-electron chi connectivity index (χ2n) is 30.6. The molecule has 3 aliphatic heterocycles. The minimum atomic E-state index is -1.98. The normalized spacial score (nSPS) is 26.0. The molecule has 0 aromatic carbocycles. The van der Waals surface area contributed by atoms with Crippen molar-refractivity contribution >= 4 is 5.91 Å². The van der Waals surface area contributed by atoms with Gasteiger partial charge in [-0.15, -0.1) is 0 Å². The average Bonchev–Trinajstić information content (AvgIpc) is 0.780. The van der Waals surface area contributed by atoms with Crippen molar-refractivity contribution in [1.82, 2.24) is 5.32 Å². The Hall–Kier alpha value is -2.77. The van der Waals surface area contributed by atoms with E-state index in [-0.39, 0.29) is 18.9 Å². The molecule has 106 heavy (non-hydrogen) atoms. The highest BCUT2D eigenvalue weighted by Crippen LogP contribution is 2.33. The van der Waals surface area contributed by atoms with Crippen molar-refractivity contribution in [2.75, 3.05) is 26.4 Å². The summed E-state index contributed by atoms with van der Waals surface area (Å²) in [6.45, 7) is 1.74. The van der Waals surface area contributed by atoms with E-state index in [1.807, 2.05) is 6.08 Å². The third-order valence-corrected chi connectivity index (χ3v) is 21.2. The molecular weight excluding hydrogens is 1350 g/mol. The molecule has 0 aliphatic carbocycles. The monoisotopic (exact) mass is 1500 g/mol. The predicted octanol–water partition coefficient (Wildman–Crippen LogP) is 15.6. The van der Waals surface area contributed by atoms with Gasteiger partial charge in [0.05, 0.1) is 38.6 Å². The molecule has 618 valence electrons. The summed E-state index contributed by atoms with van der Waals surface area (Å²) in [5, 5.41) is 121. The van der Waals surface area contributed by atoms with E-state index < -0.39 is 124 Å². The van der Waals surface area contributed by atoms with E-state index in [0.29, 0.717) is 12.8 Å². The molecule has 0 saturated carbocycles. The summed E-state index contributed by atoms with van der Waals surface area (Å²) in [4.78, 5) is 13.5. The number of nitrogens with one attached hydrogen (secondary N) is 1. The van der Waals surface area contributed by atoms with Gasteiger partial charge in [0.25, 0.3) is 0 Å². The van der Waals surface area contributed by atoms with Crippen LogP contribution in [0.4, 0.5) is 0 Å². The Bertz CT molecular complexity index is 2190. The van der Waals surface area contributed by atoms with Crippen LogP contribution in [0.2, 0.25) is 0 Å². The van der Waals surface area contributed by atoms with Crippen LogP contribution in [0.25, 0.3) is 0 Å². The van der Waals surface area contributed by atoms with Gasteiger partial charge in [0.2, 0.25) is 5.91 Å². The van der Waals surface area contributed by atoms with Crippen LogP contribution in [0.5, 0.6) is 0 Å². The standard InChI is InChI=1S/C87H157NO18/c1-3-5-7-9-11-13-15-17-19-21-23-25-27-29-30-31-32-33-34-35-36-37-38-39-40-41-43-45-47-49-51-53-55-57-59-61-63-65-75(93)88-70(71(92)64-62-60-58-56-54-52-50-48-46-44-42-28-26-24-22-20-18-16-14-12-10-8-6-4-2)69-101-85-81(99)78(96)83(73(67-90)103-85)106-87-82(100)79(97)84(74(68-91)104-87)105-86-80(98)77(95)76(94)72(66-89)102-86/h15,17,21,23,27,29,46,48,54,56,62,64,70-74,76-87,89-92,94-100H,3-14,16,18-20,22,24-26,28,30-45,47,49-53,55,57-61,63,65-69H2,1-2H3,(H,88,93)/b17-15-,23-21-,29-27-,48-46+,56-54+,64-62+. The SMILES string of the molecule is CCCCCCC/C=C\C/C=C\C/C=C\CCCCCCCCCCCCCCCCCCCCCCCCC(=O)NC(COC1OC(CO)C(OC2OC(CO)C(OC3OC(CO)C(O)C(O)C3O)C(O)C2O)C(O)C1O)C(O)/C=C/CC/C=C/CC/C=C/CCCCCCCCCCCCCCCC. The molecule has 0 bridgehead atoms. The lowest BCUT2D eigenvalue weighted by Gasteiger charge is -2.48. The van der Waals surface area contributed by atoms with Crippen molar-refractivity contribution < 1.29 is 89.4 Å². The van der Waals surface area contributed by atoms with Crippen LogP contribution in [-0.2, 0) is 33.2 Å². The summed E-state index contributed by atoms with van der Waals surface area (Å²) in [6.07, 6.45) is 61.9. The molecule has 19 heteroatoms. The fourth-order valence-electron chi connectivity index (χ4n) is 14.3. The summed E-state index contributed by atoms with van der Waals surface area (Å²) >= 11 is 0. The third kappa shape index (κ3) is 45.7. The summed E-state index contributed by atoms with van der Waals surface area (Å²) in [5.74, 6) is -0.285. The number of rotatable bonds is 69. The molecule has 3 heterocycles. The quantitative estimate of drug-likeness (QED) is 0.0199. The van der Waals surface area contributed by atoms with Gasteiger partial charge < -0.3 is 89.9 Å². The fourth-order valence-corrected chi connectivity index (χ4v) is 14.3. The first-order valence-electron chi connectivity index (χ1n) is 43.2. The van der Waals surface area contributed by atoms with Crippen LogP contribution in [0.1, 0.15) is 341 Å². The summed E-state index contributed by atoms with van der Waals surface area (Å²) in [7, 11) is 0. The lowest BCUT2D eigenvalue weighted by atomic mass is 9.96. The number of carbonyl (C=O) groups is 1. The second kappa shape index (κ2) is 66.8. The molecule has 17 unspecified atom stereocenters. The van der Waals surface area contributed by atoms with Gasteiger partial charge in [-0.3, -0.25) is 4.79 Å². The first kappa shape index (κ1) is 97.4. The Labute approximate surface area is 642 Å². The van der Waals surface area contributed by atoms with Crippen LogP contribution in [0.3, 0.4) is 0 Å². The van der Waals surface area contributed by atoms with Crippen LogP contribution >= 0.6 is 0 Å². The van der Waals surface area contributed by atoms with Crippen molar-refractivity contribution in [3.8, 4) is 0 Å². The highest BCUT2D eigenvalue weighted by atomic mass is 16.8. The zero-order valence-corrected chi connectivity index (χ0v) is 66.4. The van der Waals surface area contributed by atoms with Crippen LogP contribution in [-0.4, -0.2) is 193 Å². The molecule has 3 aliphatic rings. The third-order valence-electron chi connectivity index (χ3n) is 21.2. The molecule has 0 aromatic heterocycles. The van der Waals surface area contributed by atoms with Crippen molar-refractivity contribution in [3.63, 3.8) is 0 Å². The topological polar surface area (TPSA) is 307 Å². The number of hydrogen-bond donors (Lipinski definition) is 12. The van der Waals surface area contributed by atoms with Crippen molar-refractivity contribution in [1.29, 1.82) is 0 Å². The molecule has 0 spiro atoms. The Morgan fingerprint density at radius 2 is 0.632 bits per heavy atom. The molecule has 3 rings (SSSR count). The molecule has 0 aromatic rings. The summed E-state index contributed by atoms with van der Waals surface area (Å²) < 4.78 is 34.5. The van der Waals surface area contributed by atoms with Crippen LogP contribution in [0.15, 0.2) is 72.9 Å². The van der Waals surface area contributed by atoms with E-state index in [9.17, 15) is 61.0 Å². The van der Waals surface area contributed by atoms with E-state index in [1.54, 1.807) is 6.08 Å². The number of aliphatic hydroxyl groups excluding tert-OH is 11. The molecule has 1 amide bonds.